The van der Waals surface area contributed by atoms with E-state index in [0.29, 0.717) is 11.4 Å². The van der Waals surface area contributed by atoms with Crippen LogP contribution in [0, 0.1) is 0 Å². The van der Waals surface area contributed by atoms with Crippen LogP contribution in [0.5, 0.6) is 0 Å². The molecule has 0 fully saturated rings. The van der Waals surface area contributed by atoms with E-state index in [0.717, 1.165) is 15.6 Å². The van der Waals surface area contributed by atoms with Crippen molar-refractivity contribution >= 4 is 27.5 Å². The number of carbonyl (C=O) groups is 1. The van der Waals surface area contributed by atoms with Crippen molar-refractivity contribution < 1.29 is 9.21 Å². The Morgan fingerprint density at radius 1 is 1.00 bits per heavy atom. The molecule has 0 radical (unpaired) electrons. The smallest absolute Gasteiger partial charge is 0.292 e. The summed E-state index contributed by atoms with van der Waals surface area (Å²) in [6, 6.07) is 18.9. The predicted octanol–water partition coefficient (Wildman–Crippen LogP) is 4.96. The minimum absolute atomic E-state index is 0.267. The molecule has 0 atom stereocenters. The third-order valence-electron chi connectivity index (χ3n) is 3.04. The van der Waals surface area contributed by atoms with Crippen molar-refractivity contribution in [3.8, 4) is 11.1 Å². The van der Waals surface area contributed by atoms with E-state index in [1.165, 1.54) is 6.26 Å². The van der Waals surface area contributed by atoms with Gasteiger partial charge in [0, 0.05) is 15.7 Å². The zero-order valence-electron chi connectivity index (χ0n) is 11.0. The van der Waals surface area contributed by atoms with Crippen molar-refractivity contribution in [3.05, 3.63) is 77.2 Å². The van der Waals surface area contributed by atoms with Gasteiger partial charge in [0.2, 0.25) is 0 Å². The van der Waals surface area contributed by atoms with E-state index in [-0.39, 0.29) is 5.91 Å². The van der Waals surface area contributed by atoms with Gasteiger partial charge >= 0.3 is 0 Å². The fourth-order valence-corrected chi connectivity index (χ4v) is 2.48. The Morgan fingerprint density at radius 2 is 1.81 bits per heavy atom. The molecule has 0 bridgehead atoms. The van der Waals surface area contributed by atoms with Gasteiger partial charge in [0.25, 0.3) is 5.91 Å². The van der Waals surface area contributed by atoms with Crippen molar-refractivity contribution in [2.75, 3.05) is 5.32 Å². The molecule has 2 aromatic carbocycles. The van der Waals surface area contributed by atoms with Gasteiger partial charge in [0.15, 0.2) is 5.76 Å². The molecule has 0 saturated carbocycles. The first-order chi connectivity index (χ1) is 10.2. The third-order valence-corrected chi connectivity index (χ3v) is 3.53. The van der Waals surface area contributed by atoms with Crippen LogP contribution in [0.1, 0.15) is 10.6 Å². The molecule has 0 aliphatic carbocycles. The number of carbonyl (C=O) groups excluding carboxylic acids is 1. The van der Waals surface area contributed by atoms with E-state index < -0.39 is 0 Å². The highest BCUT2D eigenvalue weighted by atomic mass is 79.9. The Balaban J connectivity index is 1.88. The van der Waals surface area contributed by atoms with Crippen molar-refractivity contribution in [1.29, 1.82) is 0 Å². The molecular formula is C17H12BrNO2. The molecule has 1 aromatic heterocycles. The first-order valence-electron chi connectivity index (χ1n) is 6.44. The van der Waals surface area contributed by atoms with Crippen LogP contribution in [-0.4, -0.2) is 5.91 Å². The molecule has 1 heterocycles. The number of benzene rings is 2. The Labute approximate surface area is 130 Å². The highest BCUT2D eigenvalue weighted by molar-refractivity contribution is 9.10. The first-order valence-corrected chi connectivity index (χ1v) is 7.23. The summed E-state index contributed by atoms with van der Waals surface area (Å²) in [6.07, 6.45) is 1.53. The van der Waals surface area contributed by atoms with Gasteiger partial charge in [-0.1, -0.05) is 52.3 Å². The maximum atomic E-state index is 12.4. The van der Waals surface area contributed by atoms with Gasteiger partial charge in [-0.15, -0.1) is 0 Å². The second-order valence-corrected chi connectivity index (χ2v) is 5.41. The summed E-state index contributed by atoms with van der Waals surface area (Å²) in [5, 5.41) is 2.83. The van der Waals surface area contributed by atoms with Crippen molar-refractivity contribution in [2.45, 2.75) is 0 Å². The molecule has 3 nitrogen and oxygen atoms in total. The molecule has 1 amide bonds. The van der Waals surface area contributed by atoms with Gasteiger partial charge in [-0.3, -0.25) is 4.79 Å². The van der Waals surface area contributed by atoms with Gasteiger partial charge in [0.05, 0.1) is 6.26 Å². The lowest BCUT2D eigenvalue weighted by atomic mass is 10.1. The van der Waals surface area contributed by atoms with Crippen LogP contribution < -0.4 is 5.32 Å². The monoisotopic (exact) mass is 341 g/mol. The fraction of sp³-hybridized carbons (Fsp3) is 0. The summed E-state index contributed by atoms with van der Waals surface area (Å²) < 4.78 is 6.27. The van der Waals surface area contributed by atoms with Crippen LogP contribution in [0.3, 0.4) is 0 Å². The first kappa shape index (κ1) is 13.6. The number of halogens is 1. The Bertz CT molecular complexity index is 765. The van der Waals surface area contributed by atoms with E-state index >= 15 is 0 Å². The van der Waals surface area contributed by atoms with E-state index in [4.69, 9.17) is 4.42 Å². The molecule has 21 heavy (non-hydrogen) atoms. The number of anilines is 1. The molecule has 0 aliphatic rings. The molecule has 0 saturated heterocycles. The van der Waals surface area contributed by atoms with Crippen LogP contribution in [0.4, 0.5) is 5.69 Å². The lowest BCUT2D eigenvalue weighted by Gasteiger charge is -2.06. The van der Waals surface area contributed by atoms with Crippen molar-refractivity contribution in [1.82, 2.24) is 0 Å². The lowest BCUT2D eigenvalue weighted by molar-refractivity contribution is 0.0997. The van der Waals surface area contributed by atoms with Gasteiger partial charge in [-0.05, 0) is 29.8 Å². The average molecular weight is 342 g/mol. The molecule has 104 valence electrons. The molecule has 0 unspecified atom stereocenters. The minimum atomic E-state index is -0.267. The third kappa shape index (κ3) is 3.06. The zero-order valence-corrected chi connectivity index (χ0v) is 12.6. The van der Waals surface area contributed by atoms with Crippen LogP contribution in [-0.2, 0) is 0 Å². The second-order valence-electron chi connectivity index (χ2n) is 4.49. The summed E-state index contributed by atoms with van der Waals surface area (Å²) in [4.78, 5) is 12.4. The summed E-state index contributed by atoms with van der Waals surface area (Å²) in [7, 11) is 0. The highest BCUT2D eigenvalue weighted by Gasteiger charge is 2.16. The highest BCUT2D eigenvalue weighted by Crippen LogP contribution is 2.25. The maximum absolute atomic E-state index is 12.4. The van der Waals surface area contributed by atoms with Crippen molar-refractivity contribution in [3.63, 3.8) is 0 Å². The molecular weight excluding hydrogens is 330 g/mol. The number of hydrogen-bond acceptors (Lipinski definition) is 2. The number of rotatable bonds is 3. The largest absolute Gasteiger partial charge is 0.459 e. The minimum Gasteiger partial charge on any atom is -0.459 e. The topological polar surface area (TPSA) is 42.2 Å². The molecule has 3 rings (SSSR count). The average Bonchev–Trinajstić information content (AvgIpc) is 2.98. The second kappa shape index (κ2) is 5.97. The normalized spacial score (nSPS) is 10.3. The number of amides is 1. The summed E-state index contributed by atoms with van der Waals surface area (Å²) >= 11 is 3.38. The maximum Gasteiger partial charge on any atom is 0.292 e. The van der Waals surface area contributed by atoms with Crippen LogP contribution in [0.25, 0.3) is 11.1 Å². The quantitative estimate of drug-likeness (QED) is 0.731. The predicted molar refractivity (Wildman–Crippen MR) is 86.2 cm³/mol. The molecule has 4 heteroatoms. The molecule has 3 aromatic rings. The van der Waals surface area contributed by atoms with Crippen LogP contribution >= 0.6 is 15.9 Å². The van der Waals surface area contributed by atoms with Gasteiger partial charge in [-0.25, -0.2) is 0 Å². The van der Waals surface area contributed by atoms with Crippen LogP contribution in [0.15, 0.2) is 75.8 Å². The van der Waals surface area contributed by atoms with Gasteiger partial charge < -0.3 is 9.73 Å². The molecule has 0 spiro atoms. The van der Waals surface area contributed by atoms with E-state index in [2.05, 4.69) is 21.2 Å². The van der Waals surface area contributed by atoms with E-state index in [9.17, 15) is 4.79 Å². The molecule has 0 aliphatic heterocycles. The standard InChI is InChI=1S/C17H12BrNO2/c18-13-7-4-8-14(11-13)19-17(20)16-15(9-10-21-16)12-5-2-1-3-6-12/h1-11H,(H,19,20). The Morgan fingerprint density at radius 3 is 2.57 bits per heavy atom. The SMILES string of the molecule is O=C(Nc1cccc(Br)c1)c1occc1-c1ccccc1. The van der Waals surface area contributed by atoms with Crippen LogP contribution in [0.2, 0.25) is 0 Å². The molecule has 1 N–H and O–H groups in total. The summed E-state index contributed by atoms with van der Waals surface area (Å²) in [5.74, 6) is 0.0399. The zero-order chi connectivity index (χ0) is 14.7. The lowest BCUT2D eigenvalue weighted by Crippen LogP contribution is -2.11. The van der Waals surface area contributed by atoms with E-state index in [1.54, 1.807) is 6.07 Å². The fourth-order valence-electron chi connectivity index (χ4n) is 2.08. The summed E-state index contributed by atoms with van der Waals surface area (Å²) in [6.45, 7) is 0. The Kier molecular flexibility index (Phi) is 3.88. The van der Waals surface area contributed by atoms with Gasteiger partial charge in [-0.2, -0.15) is 0 Å². The number of furan rings is 1. The number of hydrogen-bond donors (Lipinski definition) is 1. The summed E-state index contributed by atoms with van der Waals surface area (Å²) in [5.41, 5.74) is 2.44. The number of nitrogens with one attached hydrogen (secondary N) is 1. The van der Waals surface area contributed by atoms with Crippen molar-refractivity contribution in [2.24, 2.45) is 0 Å². The Hall–Kier alpha value is -2.33. The van der Waals surface area contributed by atoms with Gasteiger partial charge in [0.1, 0.15) is 0 Å². The van der Waals surface area contributed by atoms with E-state index in [1.807, 2.05) is 54.6 Å².